The largest absolute Gasteiger partial charge is 0.495 e. The topological polar surface area (TPSA) is 80.4 Å². The van der Waals surface area contributed by atoms with E-state index in [1.54, 1.807) is 7.11 Å². The molecule has 9 heteroatoms. The number of hydrogen-bond donors (Lipinski definition) is 2. The normalized spacial score (nSPS) is 22.5. The Balaban J connectivity index is 1.11. The van der Waals surface area contributed by atoms with Crippen molar-refractivity contribution in [1.82, 2.24) is 24.9 Å². The first-order valence-corrected chi connectivity index (χ1v) is 13.6. The Kier molecular flexibility index (Phi) is 7.88. The van der Waals surface area contributed by atoms with E-state index in [1.165, 1.54) is 24.0 Å². The van der Waals surface area contributed by atoms with Crippen LogP contribution in [0.3, 0.4) is 0 Å². The fourth-order valence-corrected chi connectivity index (χ4v) is 5.78. The molecule has 0 spiro atoms. The Labute approximate surface area is 220 Å². The molecule has 1 unspecified atom stereocenters. The molecule has 0 radical (unpaired) electrons. The standard InChI is InChI=1S/C28H40N6O3/c1-31-12-14-32(15-13-31)25-20-22(10-11-26(25)37-2)29-27(35)33-16-18-34(19-17-33)28(36)30-24-9-5-7-21-6-3-4-8-23(21)24/h5,7,9-11,22H,3-4,6,8,12-20H2,1-2H3,(H,29,35)(H,30,36). The highest BCUT2D eigenvalue weighted by Gasteiger charge is 2.29. The minimum Gasteiger partial charge on any atom is -0.495 e. The van der Waals surface area contributed by atoms with Crippen molar-refractivity contribution in [2.75, 3.05) is 71.8 Å². The van der Waals surface area contributed by atoms with Crippen LogP contribution < -0.4 is 10.6 Å². The van der Waals surface area contributed by atoms with Crippen molar-refractivity contribution in [3.8, 4) is 0 Å². The molecule has 1 aromatic carbocycles. The second kappa shape index (κ2) is 11.5. The van der Waals surface area contributed by atoms with Gasteiger partial charge in [-0.25, -0.2) is 9.59 Å². The van der Waals surface area contributed by atoms with Gasteiger partial charge in [-0.3, -0.25) is 0 Å². The first kappa shape index (κ1) is 25.4. The number of anilines is 1. The SMILES string of the molecule is COC1=C(N2CCN(C)CC2)CC(NC(=O)N2CCN(C(=O)Nc3cccc4c3CCCC4)CC2)C=C1. The number of urea groups is 2. The zero-order chi connectivity index (χ0) is 25.8. The third-order valence-corrected chi connectivity index (χ3v) is 8.08. The van der Waals surface area contributed by atoms with Gasteiger partial charge in [-0.2, -0.15) is 0 Å². The van der Waals surface area contributed by atoms with Crippen LogP contribution in [0.2, 0.25) is 0 Å². The summed E-state index contributed by atoms with van der Waals surface area (Å²) in [7, 11) is 3.85. The van der Waals surface area contributed by atoms with Crippen molar-refractivity contribution < 1.29 is 14.3 Å². The molecule has 1 atom stereocenters. The molecule has 2 saturated heterocycles. The molecule has 4 aliphatic rings. The maximum atomic E-state index is 13.1. The van der Waals surface area contributed by atoms with Gasteiger partial charge in [0.15, 0.2) is 0 Å². The number of carbonyl (C=O) groups is 2. The molecule has 1 aromatic rings. The van der Waals surface area contributed by atoms with Crippen LogP contribution in [0.1, 0.15) is 30.4 Å². The Morgan fingerprint density at radius 3 is 2.35 bits per heavy atom. The van der Waals surface area contributed by atoms with Gasteiger partial charge in [0, 0.05) is 64.5 Å². The molecule has 9 nitrogen and oxygen atoms in total. The van der Waals surface area contributed by atoms with E-state index in [-0.39, 0.29) is 18.1 Å². The highest BCUT2D eigenvalue weighted by molar-refractivity contribution is 5.90. The van der Waals surface area contributed by atoms with E-state index in [1.807, 2.05) is 34.1 Å². The van der Waals surface area contributed by atoms with Crippen LogP contribution in [0.15, 0.2) is 41.8 Å². The van der Waals surface area contributed by atoms with Crippen molar-refractivity contribution in [2.45, 2.75) is 38.1 Å². The molecule has 200 valence electrons. The Hall–Kier alpha value is -3.20. The molecule has 2 aliphatic carbocycles. The lowest BCUT2D eigenvalue weighted by Gasteiger charge is -2.39. The van der Waals surface area contributed by atoms with Gasteiger partial charge in [0.25, 0.3) is 0 Å². The molecule has 0 aromatic heterocycles. The van der Waals surface area contributed by atoms with Crippen molar-refractivity contribution in [1.29, 1.82) is 0 Å². The average molecular weight is 509 g/mol. The predicted molar refractivity (Wildman–Crippen MR) is 144 cm³/mol. The number of fused-ring (bicyclic) bond motifs is 1. The van der Waals surface area contributed by atoms with Crippen LogP contribution in [-0.2, 0) is 17.6 Å². The van der Waals surface area contributed by atoms with E-state index in [9.17, 15) is 9.59 Å². The lowest BCUT2D eigenvalue weighted by molar-refractivity contribution is 0.146. The Morgan fingerprint density at radius 2 is 1.62 bits per heavy atom. The minimum absolute atomic E-state index is 0.0772. The molecule has 5 rings (SSSR count). The summed E-state index contributed by atoms with van der Waals surface area (Å²) >= 11 is 0. The summed E-state index contributed by atoms with van der Waals surface area (Å²) in [5.74, 6) is 0.884. The van der Waals surface area contributed by atoms with Gasteiger partial charge in [-0.1, -0.05) is 18.2 Å². The molecule has 2 heterocycles. The predicted octanol–water partition coefficient (Wildman–Crippen LogP) is 2.86. The molecular weight excluding hydrogens is 468 g/mol. The van der Waals surface area contributed by atoms with Crippen LogP contribution >= 0.6 is 0 Å². The first-order chi connectivity index (χ1) is 18.0. The number of piperazine rings is 2. The van der Waals surface area contributed by atoms with Crippen molar-refractivity contribution in [3.05, 3.63) is 52.9 Å². The van der Waals surface area contributed by atoms with Gasteiger partial charge in [-0.15, -0.1) is 0 Å². The van der Waals surface area contributed by atoms with E-state index in [0.717, 1.165) is 62.6 Å². The quantitative estimate of drug-likeness (QED) is 0.654. The Morgan fingerprint density at radius 1 is 0.919 bits per heavy atom. The van der Waals surface area contributed by atoms with E-state index in [4.69, 9.17) is 4.74 Å². The molecule has 2 fully saturated rings. The van der Waals surface area contributed by atoms with E-state index < -0.39 is 0 Å². The zero-order valence-electron chi connectivity index (χ0n) is 22.2. The van der Waals surface area contributed by atoms with Crippen molar-refractivity contribution in [2.24, 2.45) is 0 Å². The van der Waals surface area contributed by atoms with Gasteiger partial charge in [0.05, 0.1) is 18.8 Å². The van der Waals surface area contributed by atoms with E-state index in [0.29, 0.717) is 26.2 Å². The maximum Gasteiger partial charge on any atom is 0.321 e. The summed E-state index contributed by atoms with van der Waals surface area (Å²) in [4.78, 5) is 34.4. The minimum atomic E-state index is -0.0803. The highest BCUT2D eigenvalue weighted by Crippen LogP contribution is 2.28. The van der Waals surface area contributed by atoms with Crippen LogP contribution in [0.5, 0.6) is 0 Å². The van der Waals surface area contributed by atoms with Gasteiger partial charge < -0.3 is 35.0 Å². The molecule has 0 saturated carbocycles. The van der Waals surface area contributed by atoms with Gasteiger partial charge >= 0.3 is 12.1 Å². The van der Waals surface area contributed by atoms with Gasteiger partial charge in [-0.05, 0) is 56.0 Å². The monoisotopic (exact) mass is 508 g/mol. The number of aryl methyl sites for hydroxylation is 1. The number of ether oxygens (including phenoxy) is 1. The number of allylic oxidation sites excluding steroid dienone is 1. The number of hydrogen-bond acceptors (Lipinski definition) is 5. The second-order valence-electron chi connectivity index (χ2n) is 10.5. The Bertz CT molecular complexity index is 1050. The number of nitrogens with one attached hydrogen (secondary N) is 2. The summed E-state index contributed by atoms with van der Waals surface area (Å²) in [5, 5.41) is 6.32. The molecule has 2 N–H and O–H groups in total. The summed E-state index contributed by atoms with van der Waals surface area (Å²) in [5.41, 5.74) is 4.73. The third kappa shape index (κ3) is 5.87. The molecule has 4 amide bonds. The number of benzene rings is 1. The zero-order valence-corrected chi connectivity index (χ0v) is 22.2. The molecule has 2 aliphatic heterocycles. The summed E-state index contributed by atoms with van der Waals surface area (Å²) in [6, 6.07) is 5.97. The van der Waals surface area contributed by atoms with Crippen LogP contribution in [0, 0.1) is 0 Å². The fourth-order valence-electron chi connectivity index (χ4n) is 5.78. The number of likely N-dealkylation sites (N-methyl/N-ethyl adjacent to an activating group) is 1. The fraction of sp³-hybridized carbons (Fsp3) is 0.571. The van der Waals surface area contributed by atoms with Crippen LogP contribution in [-0.4, -0.2) is 104 Å². The summed E-state index contributed by atoms with van der Waals surface area (Å²) < 4.78 is 5.63. The first-order valence-electron chi connectivity index (χ1n) is 13.6. The summed E-state index contributed by atoms with van der Waals surface area (Å²) in [6.07, 6.45) is 9.21. The summed E-state index contributed by atoms with van der Waals surface area (Å²) in [6.45, 7) is 6.05. The lowest BCUT2D eigenvalue weighted by Crippen LogP contribution is -2.55. The number of rotatable bonds is 4. The number of methoxy groups -OCH3 is 1. The van der Waals surface area contributed by atoms with Gasteiger partial charge in [0.1, 0.15) is 5.76 Å². The molecule has 0 bridgehead atoms. The number of nitrogens with zero attached hydrogens (tertiary/aromatic N) is 4. The molecular formula is C28H40N6O3. The third-order valence-electron chi connectivity index (χ3n) is 8.08. The lowest BCUT2D eigenvalue weighted by atomic mass is 9.90. The number of amides is 4. The van der Waals surface area contributed by atoms with Crippen LogP contribution in [0.4, 0.5) is 15.3 Å². The van der Waals surface area contributed by atoms with Gasteiger partial charge in [0.2, 0.25) is 0 Å². The van der Waals surface area contributed by atoms with Crippen LogP contribution in [0.25, 0.3) is 0 Å². The second-order valence-corrected chi connectivity index (χ2v) is 10.5. The highest BCUT2D eigenvalue weighted by atomic mass is 16.5. The van der Waals surface area contributed by atoms with Crippen molar-refractivity contribution >= 4 is 17.7 Å². The average Bonchev–Trinajstić information content (AvgIpc) is 2.93. The van der Waals surface area contributed by atoms with E-state index in [2.05, 4.69) is 33.5 Å². The number of carbonyl (C=O) groups excluding carboxylic acids is 2. The maximum absolute atomic E-state index is 13.1. The molecule has 37 heavy (non-hydrogen) atoms. The smallest absolute Gasteiger partial charge is 0.321 e. The van der Waals surface area contributed by atoms with E-state index >= 15 is 0 Å². The van der Waals surface area contributed by atoms with Crippen molar-refractivity contribution in [3.63, 3.8) is 0 Å².